The van der Waals surface area contributed by atoms with Gasteiger partial charge >= 0.3 is 0 Å². The smallest absolute Gasteiger partial charge is 0.152 e. The maximum Gasteiger partial charge on any atom is 0.152 e. The summed E-state index contributed by atoms with van der Waals surface area (Å²) in [6, 6.07) is 6.16. The Kier molecular flexibility index (Phi) is 4.49. The van der Waals surface area contributed by atoms with Gasteiger partial charge in [-0.05, 0) is 38.5 Å². The minimum atomic E-state index is -0.453. The van der Waals surface area contributed by atoms with E-state index in [2.05, 4.69) is 22.2 Å². The summed E-state index contributed by atoms with van der Waals surface area (Å²) in [4.78, 5) is 9.00. The van der Waals surface area contributed by atoms with E-state index in [-0.39, 0.29) is 5.56 Å². The van der Waals surface area contributed by atoms with Gasteiger partial charge in [-0.1, -0.05) is 6.92 Å². The summed E-state index contributed by atoms with van der Waals surface area (Å²) in [5.41, 5.74) is 3.01. The Morgan fingerprint density at radius 1 is 1.19 bits per heavy atom. The van der Waals surface area contributed by atoms with E-state index in [1.165, 1.54) is 12.1 Å². The highest BCUT2D eigenvalue weighted by Crippen LogP contribution is 2.27. The third kappa shape index (κ3) is 3.34. The molecule has 0 amide bonds. The summed E-state index contributed by atoms with van der Waals surface area (Å²) in [7, 11) is 0. The van der Waals surface area contributed by atoms with Gasteiger partial charge in [-0.25, -0.2) is 14.4 Å². The van der Waals surface area contributed by atoms with Gasteiger partial charge in [0.1, 0.15) is 11.5 Å². The second kappa shape index (κ2) is 6.31. The fourth-order valence-corrected chi connectivity index (χ4v) is 1.96. The van der Waals surface area contributed by atoms with Crippen molar-refractivity contribution in [1.29, 1.82) is 5.26 Å². The van der Waals surface area contributed by atoms with Gasteiger partial charge < -0.3 is 5.32 Å². The Bertz CT molecular complexity index is 704. The molecule has 0 spiro atoms. The fraction of sp³-hybridized carbons (Fsp3) is 0.312. The average Bonchev–Trinajstić information content (AvgIpc) is 2.47. The number of rotatable bonds is 4. The quantitative estimate of drug-likeness (QED) is 0.932. The van der Waals surface area contributed by atoms with Crippen LogP contribution in [0.4, 0.5) is 10.2 Å². The number of aromatic nitrogens is 2. The van der Waals surface area contributed by atoms with Crippen LogP contribution in [0.2, 0.25) is 0 Å². The zero-order valence-corrected chi connectivity index (χ0v) is 12.4. The van der Waals surface area contributed by atoms with Crippen molar-refractivity contribution in [2.45, 2.75) is 27.2 Å². The van der Waals surface area contributed by atoms with Crippen LogP contribution in [0, 0.1) is 31.0 Å². The Hall–Kier alpha value is -2.48. The first-order valence-corrected chi connectivity index (χ1v) is 6.85. The number of nitrogens with zero attached hydrogens (tertiary/aromatic N) is 3. The summed E-state index contributed by atoms with van der Waals surface area (Å²) in [5.74, 6) is 0.167. The lowest BCUT2D eigenvalue weighted by molar-refractivity contribution is 0.628. The highest BCUT2D eigenvalue weighted by atomic mass is 19.1. The molecule has 0 atom stereocenters. The molecule has 2 aromatic rings. The number of benzene rings is 1. The van der Waals surface area contributed by atoms with Crippen LogP contribution in [0.25, 0.3) is 11.3 Å². The van der Waals surface area contributed by atoms with Crippen molar-refractivity contribution in [3.63, 3.8) is 0 Å². The fourth-order valence-electron chi connectivity index (χ4n) is 1.96. The third-order valence-corrected chi connectivity index (χ3v) is 3.15. The molecule has 0 aliphatic heterocycles. The molecule has 0 bridgehead atoms. The number of anilines is 1. The normalized spacial score (nSPS) is 10.2. The molecule has 5 heteroatoms. The molecular weight excluding hydrogens is 267 g/mol. The van der Waals surface area contributed by atoms with Crippen LogP contribution in [0.3, 0.4) is 0 Å². The minimum absolute atomic E-state index is 0.270. The van der Waals surface area contributed by atoms with Gasteiger partial charge in [-0.15, -0.1) is 0 Å². The predicted octanol–water partition coefficient (Wildman–Crippen LogP) is 3.59. The molecule has 1 N–H and O–H groups in total. The van der Waals surface area contributed by atoms with Gasteiger partial charge in [0, 0.05) is 12.1 Å². The topological polar surface area (TPSA) is 61.6 Å². The van der Waals surface area contributed by atoms with Gasteiger partial charge in [0.2, 0.25) is 0 Å². The summed E-state index contributed by atoms with van der Waals surface area (Å²) in [6.07, 6.45) is 0.945. The molecule has 4 nitrogen and oxygen atoms in total. The van der Waals surface area contributed by atoms with Crippen LogP contribution in [0.15, 0.2) is 18.2 Å². The van der Waals surface area contributed by atoms with E-state index in [1.807, 2.05) is 19.9 Å². The summed E-state index contributed by atoms with van der Waals surface area (Å²) in [6.45, 7) is 6.55. The summed E-state index contributed by atoms with van der Waals surface area (Å²) in [5, 5.41) is 12.2. The minimum Gasteiger partial charge on any atom is -0.368 e. The number of aryl methyl sites for hydroxylation is 2. The lowest BCUT2D eigenvalue weighted by Crippen LogP contribution is -2.07. The Labute approximate surface area is 123 Å². The molecule has 0 radical (unpaired) electrons. The SMILES string of the molecule is CCCNc1nc(C)c(C)nc1-c1cc(F)cc(C#N)c1. The molecule has 1 aromatic heterocycles. The molecule has 0 saturated heterocycles. The van der Waals surface area contributed by atoms with Crippen LogP contribution in [-0.2, 0) is 0 Å². The lowest BCUT2D eigenvalue weighted by Gasteiger charge is -2.13. The van der Waals surface area contributed by atoms with Gasteiger partial charge in [0.05, 0.1) is 23.0 Å². The van der Waals surface area contributed by atoms with E-state index in [9.17, 15) is 4.39 Å². The second-order valence-electron chi connectivity index (χ2n) is 4.86. The predicted molar refractivity (Wildman–Crippen MR) is 80.4 cm³/mol. The molecule has 1 aromatic carbocycles. The second-order valence-corrected chi connectivity index (χ2v) is 4.86. The molecule has 0 fully saturated rings. The Balaban J connectivity index is 2.59. The molecule has 2 rings (SSSR count). The first-order valence-electron chi connectivity index (χ1n) is 6.85. The number of nitriles is 1. The highest BCUT2D eigenvalue weighted by Gasteiger charge is 2.13. The van der Waals surface area contributed by atoms with Crippen molar-refractivity contribution in [3.8, 4) is 17.3 Å². The standard InChI is InChI=1S/C16H17FN4/c1-4-5-19-16-15(20-10(2)11(3)21-16)13-6-12(9-18)7-14(17)8-13/h6-8H,4-5H2,1-3H3,(H,19,21). The molecule has 21 heavy (non-hydrogen) atoms. The van der Waals surface area contributed by atoms with Crippen molar-refractivity contribution in [3.05, 3.63) is 41.0 Å². The zero-order chi connectivity index (χ0) is 15.4. The van der Waals surface area contributed by atoms with Crippen molar-refractivity contribution < 1.29 is 4.39 Å². The highest BCUT2D eigenvalue weighted by molar-refractivity contribution is 5.72. The molecule has 0 unspecified atom stereocenters. The van der Waals surface area contributed by atoms with Crippen LogP contribution in [0.1, 0.15) is 30.3 Å². The average molecular weight is 284 g/mol. The first kappa shape index (κ1) is 14.9. The number of hydrogen-bond donors (Lipinski definition) is 1. The van der Waals surface area contributed by atoms with E-state index >= 15 is 0 Å². The first-order chi connectivity index (χ1) is 10.0. The van der Waals surface area contributed by atoms with E-state index in [4.69, 9.17) is 5.26 Å². The van der Waals surface area contributed by atoms with Crippen LogP contribution in [-0.4, -0.2) is 16.5 Å². The zero-order valence-electron chi connectivity index (χ0n) is 12.4. The molecule has 0 saturated carbocycles. The Morgan fingerprint density at radius 3 is 2.57 bits per heavy atom. The van der Waals surface area contributed by atoms with Gasteiger partial charge in [0.15, 0.2) is 5.82 Å². The van der Waals surface area contributed by atoms with E-state index in [0.717, 1.165) is 24.4 Å². The van der Waals surface area contributed by atoms with Crippen LogP contribution >= 0.6 is 0 Å². The lowest BCUT2D eigenvalue weighted by atomic mass is 10.1. The third-order valence-electron chi connectivity index (χ3n) is 3.15. The number of halogens is 1. The van der Waals surface area contributed by atoms with Crippen molar-refractivity contribution >= 4 is 5.82 Å². The van der Waals surface area contributed by atoms with Gasteiger partial charge in [0.25, 0.3) is 0 Å². The number of hydrogen-bond acceptors (Lipinski definition) is 4. The molecular formula is C16H17FN4. The maximum atomic E-state index is 13.6. The van der Waals surface area contributed by atoms with Crippen molar-refractivity contribution in [1.82, 2.24) is 9.97 Å². The molecule has 108 valence electrons. The van der Waals surface area contributed by atoms with Gasteiger partial charge in [-0.3, -0.25) is 0 Å². The molecule has 0 aliphatic carbocycles. The monoisotopic (exact) mass is 284 g/mol. The molecule has 1 heterocycles. The van der Waals surface area contributed by atoms with E-state index < -0.39 is 5.82 Å². The largest absolute Gasteiger partial charge is 0.368 e. The maximum absolute atomic E-state index is 13.6. The molecule has 0 aliphatic rings. The van der Waals surface area contributed by atoms with E-state index in [0.29, 0.717) is 17.1 Å². The summed E-state index contributed by atoms with van der Waals surface area (Å²) < 4.78 is 13.6. The van der Waals surface area contributed by atoms with Crippen molar-refractivity contribution in [2.24, 2.45) is 0 Å². The van der Waals surface area contributed by atoms with Crippen LogP contribution in [0.5, 0.6) is 0 Å². The van der Waals surface area contributed by atoms with Crippen LogP contribution < -0.4 is 5.32 Å². The van der Waals surface area contributed by atoms with Gasteiger partial charge in [-0.2, -0.15) is 5.26 Å². The van der Waals surface area contributed by atoms with Crippen molar-refractivity contribution in [2.75, 3.05) is 11.9 Å². The van der Waals surface area contributed by atoms with E-state index in [1.54, 1.807) is 6.07 Å². The summed E-state index contributed by atoms with van der Waals surface area (Å²) >= 11 is 0. The number of nitrogens with one attached hydrogen (secondary N) is 1. The Morgan fingerprint density at radius 2 is 1.90 bits per heavy atom.